The first-order valence-corrected chi connectivity index (χ1v) is 7.03. The Morgan fingerprint density at radius 3 is 2.47 bits per heavy atom. The van der Waals surface area contributed by atoms with E-state index in [0.29, 0.717) is 11.1 Å². The summed E-state index contributed by atoms with van der Waals surface area (Å²) in [5.41, 5.74) is 7.41. The van der Waals surface area contributed by atoms with Crippen LogP contribution in [0.5, 0.6) is 0 Å². The summed E-state index contributed by atoms with van der Waals surface area (Å²) in [7, 11) is -2.19. The van der Waals surface area contributed by atoms with E-state index >= 15 is 0 Å². The van der Waals surface area contributed by atoms with Gasteiger partial charge in [-0.15, -0.1) is 0 Å². The minimum atomic E-state index is -3.79. The molecule has 1 heterocycles. The third kappa shape index (κ3) is 2.39. The zero-order valence-corrected chi connectivity index (χ0v) is 11.7. The number of benzene rings is 1. The summed E-state index contributed by atoms with van der Waals surface area (Å²) in [6.45, 7) is 3.46. The molecule has 0 amide bonds. The monoisotopic (exact) mass is 281 g/mol. The van der Waals surface area contributed by atoms with Gasteiger partial charge in [-0.2, -0.15) is 10.1 Å². The highest BCUT2D eigenvalue weighted by atomic mass is 32.2. The lowest BCUT2D eigenvalue weighted by molar-refractivity contribution is 0.599. The predicted molar refractivity (Wildman–Crippen MR) is 72.1 cm³/mol. The molecule has 2 aromatic rings. The van der Waals surface area contributed by atoms with Gasteiger partial charge in [0, 0.05) is 7.05 Å². The van der Waals surface area contributed by atoms with Crippen molar-refractivity contribution in [2.75, 3.05) is 10.5 Å². The molecule has 0 bridgehead atoms. The minimum Gasteiger partial charge on any atom is -0.397 e. The molecule has 0 aliphatic heterocycles. The standard InChI is InChI=1S/C11H15N5O2S/c1-7-4-5-8(2)10(9(7)12)19(17,18)15-11-13-6-14-16(11)3/h4-6H,12H2,1-3H3,(H,13,14,15). The maximum atomic E-state index is 12.4. The first kappa shape index (κ1) is 13.3. The molecule has 102 valence electrons. The molecule has 0 atom stereocenters. The highest BCUT2D eigenvalue weighted by molar-refractivity contribution is 7.93. The summed E-state index contributed by atoms with van der Waals surface area (Å²) >= 11 is 0. The second kappa shape index (κ2) is 4.54. The molecule has 2 rings (SSSR count). The lowest BCUT2D eigenvalue weighted by Crippen LogP contribution is -2.19. The summed E-state index contributed by atoms with van der Waals surface area (Å²) < 4.78 is 28.5. The Hall–Kier alpha value is -2.09. The fraction of sp³-hybridized carbons (Fsp3) is 0.273. The van der Waals surface area contributed by atoms with Crippen molar-refractivity contribution in [3.8, 4) is 0 Å². The highest BCUT2D eigenvalue weighted by Crippen LogP contribution is 2.27. The van der Waals surface area contributed by atoms with E-state index in [1.807, 2.05) is 0 Å². The van der Waals surface area contributed by atoms with E-state index in [9.17, 15) is 8.42 Å². The van der Waals surface area contributed by atoms with Crippen molar-refractivity contribution in [3.63, 3.8) is 0 Å². The van der Waals surface area contributed by atoms with Crippen LogP contribution in [-0.4, -0.2) is 23.2 Å². The van der Waals surface area contributed by atoms with Gasteiger partial charge in [-0.1, -0.05) is 12.1 Å². The Bertz CT molecular complexity index is 721. The molecule has 0 unspecified atom stereocenters. The number of nitrogens with one attached hydrogen (secondary N) is 1. The quantitative estimate of drug-likeness (QED) is 0.811. The van der Waals surface area contributed by atoms with Crippen molar-refractivity contribution < 1.29 is 8.42 Å². The average molecular weight is 281 g/mol. The number of anilines is 2. The van der Waals surface area contributed by atoms with Gasteiger partial charge < -0.3 is 5.73 Å². The van der Waals surface area contributed by atoms with Crippen LogP contribution in [-0.2, 0) is 17.1 Å². The minimum absolute atomic E-state index is 0.0792. The Morgan fingerprint density at radius 2 is 1.89 bits per heavy atom. The third-order valence-electron chi connectivity index (χ3n) is 2.82. The Balaban J connectivity index is 2.52. The van der Waals surface area contributed by atoms with E-state index in [2.05, 4.69) is 14.8 Å². The van der Waals surface area contributed by atoms with Crippen molar-refractivity contribution in [2.45, 2.75) is 18.7 Å². The normalized spacial score (nSPS) is 11.5. The average Bonchev–Trinajstić information content (AvgIpc) is 2.69. The molecule has 8 heteroatoms. The van der Waals surface area contributed by atoms with Gasteiger partial charge in [0.05, 0.1) is 5.69 Å². The van der Waals surface area contributed by atoms with Gasteiger partial charge in [0.15, 0.2) is 0 Å². The first-order valence-electron chi connectivity index (χ1n) is 5.55. The summed E-state index contributed by atoms with van der Waals surface area (Å²) in [6, 6.07) is 3.50. The molecular formula is C11H15N5O2S. The van der Waals surface area contributed by atoms with Crippen LogP contribution in [0.4, 0.5) is 11.6 Å². The summed E-state index contributed by atoms with van der Waals surface area (Å²) in [6.07, 6.45) is 1.27. The molecule has 0 saturated carbocycles. The van der Waals surface area contributed by atoms with E-state index in [0.717, 1.165) is 0 Å². The van der Waals surface area contributed by atoms with Crippen LogP contribution in [0.3, 0.4) is 0 Å². The zero-order chi connectivity index (χ0) is 14.2. The van der Waals surface area contributed by atoms with Gasteiger partial charge in [-0.25, -0.2) is 17.8 Å². The number of rotatable bonds is 3. The Kier molecular flexibility index (Phi) is 3.19. The summed E-state index contributed by atoms with van der Waals surface area (Å²) in [4.78, 5) is 3.91. The first-order chi connectivity index (χ1) is 8.83. The van der Waals surface area contributed by atoms with E-state index in [1.54, 1.807) is 33.0 Å². The van der Waals surface area contributed by atoms with Crippen LogP contribution in [0.1, 0.15) is 11.1 Å². The number of aryl methyl sites for hydroxylation is 3. The number of sulfonamides is 1. The zero-order valence-electron chi connectivity index (χ0n) is 10.9. The van der Waals surface area contributed by atoms with Crippen molar-refractivity contribution in [1.29, 1.82) is 0 Å². The van der Waals surface area contributed by atoms with Gasteiger partial charge in [-0.3, -0.25) is 0 Å². The van der Waals surface area contributed by atoms with E-state index in [-0.39, 0.29) is 16.5 Å². The van der Waals surface area contributed by atoms with Gasteiger partial charge in [0.2, 0.25) is 5.95 Å². The second-order valence-electron chi connectivity index (χ2n) is 4.25. The molecule has 0 saturated heterocycles. The highest BCUT2D eigenvalue weighted by Gasteiger charge is 2.22. The molecule has 19 heavy (non-hydrogen) atoms. The smallest absolute Gasteiger partial charge is 0.266 e. The topological polar surface area (TPSA) is 103 Å². The largest absolute Gasteiger partial charge is 0.397 e. The molecule has 1 aromatic carbocycles. The SMILES string of the molecule is Cc1ccc(C)c(S(=O)(=O)Nc2ncnn2C)c1N. The van der Waals surface area contributed by atoms with E-state index in [4.69, 9.17) is 5.73 Å². The molecule has 1 aromatic heterocycles. The predicted octanol–water partition coefficient (Wildman–Crippen LogP) is 0.815. The van der Waals surface area contributed by atoms with Crippen LogP contribution in [0, 0.1) is 13.8 Å². The third-order valence-corrected chi connectivity index (χ3v) is 4.35. The van der Waals surface area contributed by atoms with Gasteiger partial charge in [0.1, 0.15) is 11.2 Å². The lowest BCUT2D eigenvalue weighted by atomic mass is 10.1. The van der Waals surface area contributed by atoms with Gasteiger partial charge >= 0.3 is 0 Å². The van der Waals surface area contributed by atoms with E-state index < -0.39 is 10.0 Å². The number of hydrogen-bond donors (Lipinski definition) is 2. The lowest BCUT2D eigenvalue weighted by Gasteiger charge is -2.13. The number of nitrogens with zero attached hydrogens (tertiary/aromatic N) is 3. The molecular weight excluding hydrogens is 266 g/mol. The van der Waals surface area contributed by atoms with Crippen molar-refractivity contribution in [1.82, 2.24) is 14.8 Å². The molecule has 0 fully saturated rings. The fourth-order valence-corrected chi connectivity index (χ4v) is 3.19. The number of nitrogens with two attached hydrogens (primary N) is 1. The van der Waals surface area contributed by atoms with E-state index in [1.165, 1.54) is 11.0 Å². The maximum absolute atomic E-state index is 12.4. The van der Waals surface area contributed by atoms with Crippen molar-refractivity contribution >= 4 is 21.7 Å². The molecule has 0 aliphatic rings. The molecule has 0 aliphatic carbocycles. The molecule has 7 nitrogen and oxygen atoms in total. The molecule has 3 N–H and O–H groups in total. The van der Waals surface area contributed by atoms with Gasteiger partial charge in [0.25, 0.3) is 10.0 Å². The molecule has 0 radical (unpaired) electrons. The van der Waals surface area contributed by atoms with Crippen molar-refractivity contribution in [3.05, 3.63) is 29.6 Å². The van der Waals surface area contributed by atoms with Crippen LogP contribution in [0.2, 0.25) is 0 Å². The maximum Gasteiger partial charge on any atom is 0.266 e. The van der Waals surface area contributed by atoms with Crippen LogP contribution in [0.15, 0.2) is 23.4 Å². The Labute approximate surface area is 111 Å². The summed E-state index contributed by atoms with van der Waals surface area (Å²) in [5, 5.41) is 3.80. The number of hydrogen-bond acceptors (Lipinski definition) is 5. The van der Waals surface area contributed by atoms with Gasteiger partial charge in [-0.05, 0) is 25.0 Å². The number of nitrogen functional groups attached to an aromatic ring is 1. The van der Waals surface area contributed by atoms with Crippen molar-refractivity contribution in [2.24, 2.45) is 7.05 Å². The van der Waals surface area contributed by atoms with Crippen LogP contribution >= 0.6 is 0 Å². The fourth-order valence-electron chi connectivity index (χ4n) is 1.72. The molecule has 0 spiro atoms. The Morgan fingerprint density at radius 1 is 1.26 bits per heavy atom. The van der Waals surface area contributed by atoms with Crippen LogP contribution < -0.4 is 10.5 Å². The number of aromatic nitrogens is 3. The summed E-state index contributed by atoms with van der Waals surface area (Å²) in [5.74, 6) is 0.139. The van der Waals surface area contributed by atoms with Crippen LogP contribution in [0.25, 0.3) is 0 Å². The second-order valence-corrected chi connectivity index (χ2v) is 5.87.